The third-order valence-corrected chi connectivity index (χ3v) is 4.89. The van der Waals surface area contributed by atoms with E-state index in [9.17, 15) is 14.4 Å². The Morgan fingerprint density at radius 2 is 1.88 bits per heavy atom. The molecular formula is C19H25N3O4. The standard InChI is InChI=1S/C19H25N3O4/c1-3-26-16-6-4-14(12-13(16)2)18(24)21-8-10-22(11-9-21)19(25)15-5-7-17(23)20-15/h4,6,12,15H,3,5,7-11H2,1-2H3,(H,20,23). The molecule has 1 aromatic rings. The zero-order valence-electron chi connectivity index (χ0n) is 15.3. The van der Waals surface area contributed by atoms with Gasteiger partial charge in [-0.1, -0.05) is 0 Å². The van der Waals surface area contributed by atoms with Crippen LogP contribution in [-0.2, 0) is 9.59 Å². The van der Waals surface area contributed by atoms with Gasteiger partial charge in [0.15, 0.2) is 0 Å². The van der Waals surface area contributed by atoms with Gasteiger partial charge in [0.2, 0.25) is 11.8 Å². The number of piperazine rings is 1. The number of nitrogens with one attached hydrogen (secondary N) is 1. The third kappa shape index (κ3) is 3.81. The molecule has 0 saturated carbocycles. The predicted octanol–water partition coefficient (Wildman–Crippen LogP) is 0.957. The Kier molecular flexibility index (Phi) is 5.44. The molecule has 7 heteroatoms. The van der Waals surface area contributed by atoms with Crippen molar-refractivity contribution in [2.45, 2.75) is 32.7 Å². The molecule has 7 nitrogen and oxygen atoms in total. The molecule has 0 bridgehead atoms. The fraction of sp³-hybridized carbons (Fsp3) is 0.526. The number of hydrogen-bond acceptors (Lipinski definition) is 4. The van der Waals surface area contributed by atoms with Crippen molar-refractivity contribution in [2.75, 3.05) is 32.8 Å². The van der Waals surface area contributed by atoms with E-state index >= 15 is 0 Å². The number of carbonyl (C=O) groups is 3. The number of nitrogens with zero attached hydrogens (tertiary/aromatic N) is 2. The molecule has 26 heavy (non-hydrogen) atoms. The molecule has 0 radical (unpaired) electrons. The summed E-state index contributed by atoms with van der Waals surface area (Å²) in [5, 5.41) is 2.71. The van der Waals surface area contributed by atoms with Gasteiger partial charge in [-0.3, -0.25) is 14.4 Å². The van der Waals surface area contributed by atoms with Crippen LogP contribution in [0.2, 0.25) is 0 Å². The van der Waals surface area contributed by atoms with E-state index in [2.05, 4.69) is 5.32 Å². The normalized spacial score (nSPS) is 20.1. The van der Waals surface area contributed by atoms with Crippen molar-refractivity contribution < 1.29 is 19.1 Å². The molecule has 2 fully saturated rings. The molecule has 1 atom stereocenters. The lowest BCUT2D eigenvalue weighted by molar-refractivity contribution is -0.135. The minimum absolute atomic E-state index is 0.0302. The molecule has 2 aliphatic rings. The maximum atomic E-state index is 12.7. The summed E-state index contributed by atoms with van der Waals surface area (Å²) in [6.07, 6.45) is 0.966. The lowest BCUT2D eigenvalue weighted by Gasteiger charge is -2.36. The minimum atomic E-state index is -0.404. The highest BCUT2D eigenvalue weighted by Crippen LogP contribution is 2.21. The van der Waals surface area contributed by atoms with Gasteiger partial charge in [0.05, 0.1) is 6.61 Å². The van der Waals surface area contributed by atoms with Crippen LogP contribution in [0.3, 0.4) is 0 Å². The van der Waals surface area contributed by atoms with Crippen molar-refractivity contribution in [1.29, 1.82) is 0 Å². The summed E-state index contributed by atoms with van der Waals surface area (Å²) >= 11 is 0. The molecule has 0 aromatic heterocycles. The summed E-state index contributed by atoms with van der Waals surface area (Å²) in [6.45, 7) is 6.42. The predicted molar refractivity (Wildman–Crippen MR) is 96.0 cm³/mol. The number of ether oxygens (including phenoxy) is 1. The van der Waals surface area contributed by atoms with E-state index < -0.39 is 6.04 Å². The molecule has 1 unspecified atom stereocenters. The second-order valence-electron chi connectivity index (χ2n) is 6.69. The van der Waals surface area contributed by atoms with Crippen molar-refractivity contribution in [2.24, 2.45) is 0 Å². The second kappa shape index (κ2) is 7.76. The van der Waals surface area contributed by atoms with Gasteiger partial charge in [-0.15, -0.1) is 0 Å². The van der Waals surface area contributed by atoms with Crippen LogP contribution in [0, 0.1) is 6.92 Å². The van der Waals surface area contributed by atoms with E-state index in [1.54, 1.807) is 15.9 Å². The van der Waals surface area contributed by atoms with E-state index in [4.69, 9.17) is 4.74 Å². The molecular weight excluding hydrogens is 334 g/mol. The molecule has 1 aromatic carbocycles. The maximum absolute atomic E-state index is 12.7. The molecule has 0 aliphatic carbocycles. The van der Waals surface area contributed by atoms with Gasteiger partial charge in [-0.25, -0.2) is 0 Å². The second-order valence-corrected chi connectivity index (χ2v) is 6.69. The number of rotatable bonds is 4. The summed E-state index contributed by atoms with van der Waals surface area (Å²) in [6, 6.07) is 5.05. The van der Waals surface area contributed by atoms with Crippen molar-refractivity contribution in [3.63, 3.8) is 0 Å². The van der Waals surface area contributed by atoms with E-state index in [1.807, 2.05) is 26.0 Å². The van der Waals surface area contributed by atoms with Crippen LogP contribution in [0.5, 0.6) is 5.75 Å². The van der Waals surface area contributed by atoms with Gasteiger partial charge in [-0.2, -0.15) is 0 Å². The number of aryl methyl sites for hydroxylation is 1. The summed E-state index contributed by atoms with van der Waals surface area (Å²) in [4.78, 5) is 39.9. The number of hydrogen-bond donors (Lipinski definition) is 1. The van der Waals surface area contributed by atoms with Gasteiger partial charge in [-0.05, 0) is 44.0 Å². The Labute approximate surface area is 153 Å². The molecule has 2 aliphatic heterocycles. The van der Waals surface area contributed by atoms with Crippen LogP contribution < -0.4 is 10.1 Å². The summed E-state index contributed by atoms with van der Waals surface area (Å²) < 4.78 is 5.51. The van der Waals surface area contributed by atoms with Crippen LogP contribution in [0.15, 0.2) is 18.2 Å². The van der Waals surface area contributed by atoms with Crippen molar-refractivity contribution in [3.05, 3.63) is 29.3 Å². The summed E-state index contributed by atoms with van der Waals surface area (Å²) in [5.41, 5.74) is 1.57. The maximum Gasteiger partial charge on any atom is 0.253 e. The highest BCUT2D eigenvalue weighted by molar-refractivity contribution is 5.95. The first-order valence-corrected chi connectivity index (χ1v) is 9.10. The Hall–Kier alpha value is -2.57. The number of benzene rings is 1. The number of carbonyl (C=O) groups excluding carboxylic acids is 3. The lowest BCUT2D eigenvalue weighted by Crippen LogP contribution is -2.54. The number of amides is 3. The van der Waals surface area contributed by atoms with Crippen LogP contribution in [0.25, 0.3) is 0 Å². The zero-order valence-corrected chi connectivity index (χ0v) is 15.3. The van der Waals surface area contributed by atoms with E-state index in [0.717, 1.165) is 11.3 Å². The molecule has 0 spiro atoms. The average Bonchev–Trinajstić information content (AvgIpc) is 3.09. The smallest absolute Gasteiger partial charge is 0.253 e. The minimum Gasteiger partial charge on any atom is -0.494 e. The third-order valence-electron chi connectivity index (χ3n) is 4.89. The van der Waals surface area contributed by atoms with Crippen LogP contribution in [0.4, 0.5) is 0 Å². The molecule has 2 heterocycles. The molecule has 1 N–H and O–H groups in total. The molecule has 2 saturated heterocycles. The Morgan fingerprint density at radius 1 is 1.19 bits per heavy atom. The first-order valence-electron chi connectivity index (χ1n) is 9.10. The van der Waals surface area contributed by atoms with Gasteiger partial charge >= 0.3 is 0 Å². The van der Waals surface area contributed by atoms with Crippen molar-refractivity contribution in [1.82, 2.24) is 15.1 Å². The van der Waals surface area contributed by atoms with Crippen LogP contribution in [0.1, 0.15) is 35.7 Å². The fourth-order valence-electron chi connectivity index (χ4n) is 3.43. The summed E-state index contributed by atoms with van der Waals surface area (Å²) in [5.74, 6) is 0.651. The lowest BCUT2D eigenvalue weighted by atomic mass is 10.1. The van der Waals surface area contributed by atoms with Crippen molar-refractivity contribution >= 4 is 17.7 Å². The zero-order chi connectivity index (χ0) is 18.7. The van der Waals surface area contributed by atoms with E-state index in [0.29, 0.717) is 51.2 Å². The van der Waals surface area contributed by atoms with Gasteiger partial charge in [0.1, 0.15) is 11.8 Å². The first-order chi connectivity index (χ1) is 12.5. The Morgan fingerprint density at radius 3 is 2.46 bits per heavy atom. The average molecular weight is 359 g/mol. The van der Waals surface area contributed by atoms with Gasteiger partial charge < -0.3 is 19.9 Å². The topological polar surface area (TPSA) is 79.0 Å². The molecule has 140 valence electrons. The first kappa shape index (κ1) is 18.2. The van der Waals surface area contributed by atoms with Gasteiger partial charge in [0.25, 0.3) is 5.91 Å². The van der Waals surface area contributed by atoms with E-state index in [1.165, 1.54) is 0 Å². The highest BCUT2D eigenvalue weighted by Gasteiger charge is 2.33. The highest BCUT2D eigenvalue weighted by atomic mass is 16.5. The van der Waals surface area contributed by atoms with Crippen LogP contribution >= 0.6 is 0 Å². The molecule has 3 rings (SSSR count). The SMILES string of the molecule is CCOc1ccc(C(=O)N2CCN(C(=O)C3CCC(=O)N3)CC2)cc1C. The van der Waals surface area contributed by atoms with E-state index in [-0.39, 0.29) is 17.7 Å². The monoisotopic (exact) mass is 359 g/mol. The fourth-order valence-corrected chi connectivity index (χ4v) is 3.43. The Balaban J connectivity index is 1.57. The Bertz CT molecular complexity index is 711. The van der Waals surface area contributed by atoms with Crippen LogP contribution in [-0.4, -0.2) is 66.3 Å². The summed E-state index contributed by atoms with van der Waals surface area (Å²) in [7, 11) is 0. The molecule has 3 amide bonds. The largest absolute Gasteiger partial charge is 0.494 e. The van der Waals surface area contributed by atoms with Crippen molar-refractivity contribution in [3.8, 4) is 5.75 Å². The van der Waals surface area contributed by atoms with Gasteiger partial charge in [0, 0.05) is 38.2 Å². The quantitative estimate of drug-likeness (QED) is 0.868.